The van der Waals surface area contributed by atoms with Crippen LogP contribution in [-0.2, 0) is 0 Å². The quantitative estimate of drug-likeness (QED) is 0.747. The Morgan fingerprint density at radius 1 is 1.06 bits per heavy atom. The molecule has 1 heterocycles. The van der Waals surface area contributed by atoms with E-state index >= 15 is 0 Å². The van der Waals surface area contributed by atoms with Crippen LogP contribution in [0.25, 0.3) is 0 Å². The van der Waals surface area contributed by atoms with E-state index in [4.69, 9.17) is 0 Å². The second-order valence-electron chi connectivity index (χ2n) is 5.27. The number of thioether (sulfide) groups is 1. The second kappa shape index (κ2) is 6.87. The van der Waals surface area contributed by atoms with Crippen molar-refractivity contribution in [1.29, 1.82) is 0 Å². The van der Waals surface area contributed by atoms with E-state index in [0.717, 1.165) is 0 Å². The fourth-order valence-electron chi connectivity index (χ4n) is 3.00. The highest BCUT2D eigenvalue weighted by atomic mass is 32.2. The number of rotatable bonds is 3. The Morgan fingerprint density at radius 2 is 1.94 bits per heavy atom. The average Bonchev–Trinajstić information content (AvgIpc) is 2.55. The fourth-order valence-corrected chi connectivity index (χ4v) is 4.08. The molecule has 2 nitrogen and oxygen atoms in total. The summed E-state index contributed by atoms with van der Waals surface area (Å²) in [5.74, 6) is 3.12. The van der Waals surface area contributed by atoms with E-state index in [-0.39, 0.29) is 0 Å². The van der Waals surface area contributed by atoms with Gasteiger partial charge in [0.05, 0.1) is 0 Å². The molecule has 0 bridgehead atoms. The Balaban J connectivity index is 1.83. The monoisotopic (exact) mass is 243 g/mol. The van der Waals surface area contributed by atoms with Crippen LogP contribution in [0.3, 0.4) is 0 Å². The van der Waals surface area contributed by atoms with E-state index in [2.05, 4.69) is 17.1 Å². The third-order valence-corrected chi connectivity index (χ3v) is 5.22. The molecule has 0 amide bonds. The lowest BCUT2D eigenvalue weighted by Gasteiger charge is -2.31. The zero-order valence-electron chi connectivity index (χ0n) is 10.2. The van der Waals surface area contributed by atoms with Gasteiger partial charge in [-0.1, -0.05) is 19.3 Å². The Hall–Kier alpha value is 0.270. The molecule has 0 aromatic rings. The minimum atomic E-state index is 0.373. The molecule has 0 unspecified atom stereocenters. The molecular formula is C13H25NOS. The Kier molecular flexibility index (Phi) is 5.46. The van der Waals surface area contributed by atoms with Gasteiger partial charge in [0.15, 0.2) is 0 Å². The highest BCUT2D eigenvalue weighted by Crippen LogP contribution is 2.25. The standard InChI is InChI=1S/C13H25NOS/c15-9-11-5-2-1-3-7-13(11)14-12-6-4-8-16-10-12/h11-15H,1-10H2/t11-,12-,13+/m0/s1. The fraction of sp³-hybridized carbons (Fsp3) is 1.00. The maximum absolute atomic E-state index is 9.47. The van der Waals surface area contributed by atoms with Crippen molar-refractivity contribution in [2.45, 2.75) is 57.0 Å². The van der Waals surface area contributed by atoms with Crippen molar-refractivity contribution in [1.82, 2.24) is 5.32 Å². The van der Waals surface area contributed by atoms with Crippen molar-refractivity contribution >= 4 is 11.8 Å². The minimum Gasteiger partial charge on any atom is -0.396 e. The zero-order valence-corrected chi connectivity index (χ0v) is 11.0. The normalized spacial score (nSPS) is 36.9. The van der Waals surface area contributed by atoms with E-state index < -0.39 is 0 Å². The molecule has 1 saturated heterocycles. The minimum absolute atomic E-state index is 0.373. The lowest BCUT2D eigenvalue weighted by Crippen LogP contribution is -2.45. The summed E-state index contributed by atoms with van der Waals surface area (Å²) in [6.07, 6.45) is 9.19. The topological polar surface area (TPSA) is 32.3 Å². The second-order valence-corrected chi connectivity index (χ2v) is 6.42. The van der Waals surface area contributed by atoms with Crippen molar-refractivity contribution in [2.75, 3.05) is 18.1 Å². The van der Waals surface area contributed by atoms with Crippen LogP contribution in [0, 0.1) is 5.92 Å². The molecule has 0 radical (unpaired) electrons. The Morgan fingerprint density at radius 3 is 2.69 bits per heavy atom. The van der Waals surface area contributed by atoms with Crippen molar-refractivity contribution < 1.29 is 5.11 Å². The lowest BCUT2D eigenvalue weighted by molar-refractivity contribution is 0.175. The number of hydrogen-bond acceptors (Lipinski definition) is 3. The molecule has 94 valence electrons. The van der Waals surface area contributed by atoms with E-state index in [0.29, 0.717) is 24.6 Å². The zero-order chi connectivity index (χ0) is 11.2. The molecule has 1 aliphatic carbocycles. The van der Waals surface area contributed by atoms with Gasteiger partial charge >= 0.3 is 0 Å². The molecular weight excluding hydrogens is 218 g/mol. The van der Waals surface area contributed by atoms with Crippen LogP contribution in [0.15, 0.2) is 0 Å². The van der Waals surface area contributed by atoms with Crippen LogP contribution >= 0.6 is 11.8 Å². The van der Waals surface area contributed by atoms with Gasteiger partial charge in [0.1, 0.15) is 0 Å². The smallest absolute Gasteiger partial charge is 0.0474 e. The highest BCUT2D eigenvalue weighted by molar-refractivity contribution is 7.99. The summed E-state index contributed by atoms with van der Waals surface area (Å²) in [4.78, 5) is 0. The predicted molar refractivity (Wildman–Crippen MR) is 70.9 cm³/mol. The first kappa shape index (κ1) is 12.7. The first-order chi connectivity index (χ1) is 7.90. The van der Waals surface area contributed by atoms with Crippen molar-refractivity contribution in [2.24, 2.45) is 5.92 Å². The van der Waals surface area contributed by atoms with Gasteiger partial charge in [-0.05, 0) is 37.4 Å². The summed E-state index contributed by atoms with van der Waals surface area (Å²) in [5.41, 5.74) is 0. The number of aliphatic hydroxyl groups excluding tert-OH is 1. The molecule has 2 fully saturated rings. The Bertz CT molecular complexity index is 194. The SMILES string of the molecule is OC[C@@H]1CCCCC[C@H]1N[C@H]1CCCSC1. The van der Waals surface area contributed by atoms with Crippen LogP contribution in [0.1, 0.15) is 44.9 Å². The van der Waals surface area contributed by atoms with Gasteiger partial charge in [0.25, 0.3) is 0 Å². The Labute approximate surface area is 104 Å². The number of nitrogens with one attached hydrogen (secondary N) is 1. The molecule has 16 heavy (non-hydrogen) atoms. The van der Waals surface area contributed by atoms with Gasteiger partial charge in [0, 0.05) is 24.4 Å². The average molecular weight is 243 g/mol. The molecule has 3 atom stereocenters. The summed E-state index contributed by atoms with van der Waals surface area (Å²) >= 11 is 2.08. The molecule has 2 aliphatic rings. The van der Waals surface area contributed by atoms with E-state index in [1.165, 1.54) is 56.5 Å². The molecule has 2 N–H and O–H groups in total. The van der Waals surface area contributed by atoms with Gasteiger partial charge in [0.2, 0.25) is 0 Å². The molecule has 2 rings (SSSR count). The van der Waals surface area contributed by atoms with Crippen LogP contribution in [0.5, 0.6) is 0 Å². The highest BCUT2D eigenvalue weighted by Gasteiger charge is 2.25. The third kappa shape index (κ3) is 3.64. The maximum atomic E-state index is 9.47. The molecule has 3 heteroatoms. The van der Waals surface area contributed by atoms with E-state index in [1.807, 2.05) is 0 Å². The van der Waals surface area contributed by atoms with Crippen molar-refractivity contribution in [3.05, 3.63) is 0 Å². The summed E-state index contributed by atoms with van der Waals surface area (Å²) in [6.45, 7) is 0.373. The van der Waals surface area contributed by atoms with Crippen LogP contribution in [0.2, 0.25) is 0 Å². The molecule has 1 saturated carbocycles. The molecule has 0 aromatic carbocycles. The van der Waals surface area contributed by atoms with Gasteiger partial charge < -0.3 is 10.4 Å². The maximum Gasteiger partial charge on any atom is 0.0474 e. The van der Waals surface area contributed by atoms with Crippen molar-refractivity contribution in [3.63, 3.8) is 0 Å². The lowest BCUT2D eigenvalue weighted by atomic mass is 9.94. The summed E-state index contributed by atoms with van der Waals surface area (Å²) < 4.78 is 0. The molecule has 0 aromatic heterocycles. The van der Waals surface area contributed by atoms with Crippen LogP contribution in [0.4, 0.5) is 0 Å². The number of hydrogen-bond donors (Lipinski definition) is 2. The van der Waals surface area contributed by atoms with E-state index in [1.54, 1.807) is 0 Å². The molecule has 0 spiro atoms. The number of aliphatic hydroxyl groups is 1. The van der Waals surface area contributed by atoms with Gasteiger partial charge in [-0.25, -0.2) is 0 Å². The summed E-state index contributed by atoms with van der Waals surface area (Å²) in [5, 5.41) is 13.3. The third-order valence-electron chi connectivity index (χ3n) is 4.00. The largest absolute Gasteiger partial charge is 0.396 e. The summed E-state index contributed by atoms with van der Waals surface area (Å²) in [7, 11) is 0. The van der Waals surface area contributed by atoms with Crippen LogP contribution in [-0.4, -0.2) is 35.3 Å². The molecule has 1 aliphatic heterocycles. The predicted octanol–water partition coefficient (Wildman–Crippen LogP) is 2.41. The van der Waals surface area contributed by atoms with Gasteiger partial charge in [-0.15, -0.1) is 0 Å². The first-order valence-corrected chi connectivity index (χ1v) is 8.00. The van der Waals surface area contributed by atoms with Gasteiger partial charge in [-0.3, -0.25) is 0 Å². The van der Waals surface area contributed by atoms with Crippen LogP contribution < -0.4 is 5.32 Å². The van der Waals surface area contributed by atoms with Gasteiger partial charge in [-0.2, -0.15) is 11.8 Å². The van der Waals surface area contributed by atoms with Crippen molar-refractivity contribution in [3.8, 4) is 0 Å². The first-order valence-electron chi connectivity index (χ1n) is 6.85. The summed E-state index contributed by atoms with van der Waals surface area (Å²) in [6, 6.07) is 1.28. The van der Waals surface area contributed by atoms with E-state index in [9.17, 15) is 5.11 Å².